The summed E-state index contributed by atoms with van der Waals surface area (Å²) in [6.45, 7) is 0.906. The van der Waals surface area contributed by atoms with Gasteiger partial charge in [0.25, 0.3) is 5.91 Å². The highest BCUT2D eigenvalue weighted by molar-refractivity contribution is 9.10. The molecule has 0 bridgehead atoms. The summed E-state index contributed by atoms with van der Waals surface area (Å²) in [4.78, 5) is 15.6. The number of piperidine rings is 1. The molecule has 1 saturated heterocycles. The van der Waals surface area contributed by atoms with Gasteiger partial charge in [-0.3, -0.25) is 4.79 Å². The Morgan fingerprint density at radius 2 is 2.05 bits per heavy atom. The van der Waals surface area contributed by atoms with Crippen LogP contribution in [0, 0.1) is 5.92 Å². The highest BCUT2D eigenvalue weighted by atomic mass is 79.9. The maximum absolute atomic E-state index is 12.7. The molecule has 1 saturated carbocycles. The number of rotatable bonds is 1. The summed E-state index contributed by atoms with van der Waals surface area (Å²) < 4.78 is 0.964. The maximum Gasteiger partial charge on any atom is 0.255 e. The summed E-state index contributed by atoms with van der Waals surface area (Å²) in [5.74, 6) is 0.894. The predicted molar refractivity (Wildman–Crippen MR) is 82.8 cm³/mol. The van der Waals surface area contributed by atoms with Crippen LogP contribution < -0.4 is 0 Å². The van der Waals surface area contributed by atoms with Crippen LogP contribution >= 0.6 is 28.6 Å². The highest BCUT2D eigenvalue weighted by Gasteiger charge is 2.37. The Morgan fingerprint density at radius 1 is 1.26 bits per heavy atom. The fraction of sp³-hybridized carbons (Fsp3) is 0.533. The summed E-state index contributed by atoms with van der Waals surface area (Å²) >= 11 is 7.86. The number of carbonyl (C=O) groups excluding carboxylic acids is 1. The Labute approximate surface area is 128 Å². The lowest BCUT2D eigenvalue weighted by Gasteiger charge is -2.38. The molecule has 0 radical (unpaired) electrons. The second-order valence-electron chi connectivity index (χ2n) is 5.56. The first kappa shape index (κ1) is 13.5. The molecular weight excluding hydrogens is 322 g/mol. The van der Waals surface area contributed by atoms with Crippen molar-refractivity contribution in [3.8, 4) is 0 Å². The normalized spacial score (nSPS) is 26.3. The third-order valence-corrected chi connectivity index (χ3v) is 5.31. The molecule has 2 nitrogen and oxygen atoms in total. The number of benzene rings is 1. The first-order valence-corrected chi connectivity index (χ1v) is 8.20. The van der Waals surface area contributed by atoms with E-state index in [9.17, 15) is 4.79 Å². The van der Waals surface area contributed by atoms with Gasteiger partial charge in [-0.25, -0.2) is 0 Å². The molecule has 0 N–H and O–H groups in total. The standard InChI is InChI=1S/C15H18BrNOS/c16-11-6-7-12(14(19)9-11)15(18)17-8-2-4-10-3-1-5-13(10)17/h6-7,9-10,13,19H,1-5,8H2. The van der Waals surface area contributed by atoms with Gasteiger partial charge in [0.2, 0.25) is 0 Å². The quantitative estimate of drug-likeness (QED) is 0.762. The van der Waals surface area contributed by atoms with Gasteiger partial charge >= 0.3 is 0 Å². The summed E-state index contributed by atoms with van der Waals surface area (Å²) in [5, 5.41) is 0. The Morgan fingerprint density at radius 3 is 2.84 bits per heavy atom. The Hall–Kier alpha value is -0.480. The SMILES string of the molecule is O=C(c1ccc(Br)cc1S)N1CCCC2CCCC21. The van der Waals surface area contributed by atoms with Gasteiger partial charge in [0.1, 0.15) is 0 Å². The van der Waals surface area contributed by atoms with E-state index in [4.69, 9.17) is 0 Å². The van der Waals surface area contributed by atoms with Gasteiger partial charge < -0.3 is 4.90 Å². The van der Waals surface area contributed by atoms with Crippen molar-refractivity contribution >= 4 is 34.5 Å². The first-order chi connectivity index (χ1) is 9.16. The fourth-order valence-corrected chi connectivity index (χ4v) is 4.39. The molecule has 0 spiro atoms. The van der Waals surface area contributed by atoms with E-state index in [0.717, 1.165) is 33.8 Å². The lowest BCUT2D eigenvalue weighted by Crippen LogP contribution is -2.46. The van der Waals surface area contributed by atoms with E-state index in [0.29, 0.717) is 6.04 Å². The van der Waals surface area contributed by atoms with Crippen molar-refractivity contribution in [2.24, 2.45) is 5.92 Å². The molecule has 2 aliphatic rings. The second-order valence-corrected chi connectivity index (χ2v) is 6.96. The molecular formula is C15H18BrNOS. The summed E-state index contributed by atoms with van der Waals surface area (Å²) in [7, 11) is 0. The molecule has 3 rings (SSSR count). The predicted octanol–water partition coefficient (Wildman–Crippen LogP) is 4.14. The highest BCUT2D eigenvalue weighted by Crippen LogP contribution is 2.37. The van der Waals surface area contributed by atoms with Gasteiger partial charge in [0.15, 0.2) is 0 Å². The lowest BCUT2D eigenvalue weighted by atomic mass is 9.91. The molecule has 19 heavy (non-hydrogen) atoms. The van der Waals surface area contributed by atoms with Gasteiger partial charge in [-0.2, -0.15) is 0 Å². The van der Waals surface area contributed by atoms with Crippen molar-refractivity contribution < 1.29 is 4.79 Å². The van der Waals surface area contributed by atoms with E-state index < -0.39 is 0 Å². The second kappa shape index (κ2) is 5.49. The van der Waals surface area contributed by atoms with Crippen LogP contribution in [0.1, 0.15) is 42.5 Å². The van der Waals surface area contributed by atoms with Crippen LogP contribution in [0.5, 0.6) is 0 Å². The minimum atomic E-state index is 0.161. The van der Waals surface area contributed by atoms with E-state index in [1.54, 1.807) is 0 Å². The number of halogens is 1. The topological polar surface area (TPSA) is 20.3 Å². The Kier molecular flexibility index (Phi) is 3.90. The Balaban J connectivity index is 1.86. The number of thiol groups is 1. The smallest absolute Gasteiger partial charge is 0.255 e. The number of nitrogens with zero attached hydrogens (tertiary/aromatic N) is 1. The molecule has 4 heteroatoms. The van der Waals surface area contributed by atoms with E-state index in [1.165, 1.54) is 25.7 Å². The van der Waals surface area contributed by atoms with Crippen LogP contribution in [0.4, 0.5) is 0 Å². The van der Waals surface area contributed by atoms with Crippen LogP contribution in [0.25, 0.3) is 0 Å². The number of amides is 1. The lowest BCUT2D eigenvalue weighted by molar-refractivity contribution is 0.0545. The van der Waals surface area contributed by atoms with E-state index in [1.807, 2.05) is 18.2 Å². The molecule has 1 aromatic carbocycles. The van der Waals surface area contributed by atoms with Crippen molar-refractivity contribution in [1.29, 1.82) is 0 Å². The summed E-state index contributed by atoms with van der Waals surface area (Å²) in [6.07, 6.45) is 6.18. The van der Waals surface area contributed by atoms with E-state index >= 15 is 0 Å². The number of carbonyl (C=O) groups is 1. The third-order valence-electron chi connectivity index (χ3n) is 4.44. The summed E-state index contributed by atoms with van der Waals surface area (Å²) in [5.41, 5.74) is 0.735. The number of hydrogen-bond donors (Lipinski definition) is 1. The van der Waals surface area contributed by atoms with Gasteiger partial charge in [0.05, 0.1) is 5.56 Å². The van der Waals surface area contributed by atoms with Crippen LogP contribution in [0.2, 0.25) is 0 Å². The molecule has 1 amide bonds. The number of hydrogen-bond acceptors (Lipinski definition) is 2. The van der Waals surface area contributed by atoms with Crippen LogP contribution in [-0.2, 0) is 0 Å². The van der Waals surface area contributed by atoms with Crippen LogP contribution in [-0.4, -0.2) is 23.4 Å². The summed E-state index contributed by atoms with van der Waals surface area (Å²) in [6, 6.07) is 6.17. The zero-order chi connectivity index (χ0) is 13.4. The van der Waals surface area contributed by atoms with E-state index in [-0.39, 0.29) is 5.91 Å². The molecule has 2 fully saturated rings. The average Bonchev–Trinajstić information content (AvgIpc) is 2.86. The molecule has 2 atom stereocenters. The van der Waals surface area contributed by atoms with Crippen molar-refractivity contribution in [3.05, 3.63) is 28.2 Å². The number of fused-ring (bicyclic) bond motifs is 1. The van der Waals surface area contributed by atoms with Gasteiger partial charge in [-0.05, 0) is 49.8 Å². The molecule has 0 aromatic heterocycles. The Bertz CT molecular complexity index is 505. The van der Waals surface area contributed by atoms with Crippen molar-refractivity contribution in [2.45, 2.75) is 43.0 Å². The van der Waals surface area contributed by atoms with E-state index in [2.05, 4.69) is 33.5 Å². The molecule has 1 aromatic rings. The average molecular weight is 340 g/mol. The molecule has 2 unspecified atom stereocenters. The van der Waals surface area contributed by atoms with Gasteiger partial charge in [0, 0.05) is 22.0 Å². The van der Waals surface area contributed by atoms with Crippen LogP contribution in [0.3, 0.4) is 0 Å². The largest absolute Gasteiger partial charge is 0.335 e. The molecule has 102 valence electrons. The minimum Gasteiger partial charge on any atom is -0.335 e. The minimum absolute atomic E-state index is 0.161. The van der Waals surface area contributed by atoms with Crippen molar-refractivity contribution in [2.75, 3.05) is 6.54 Å². The zero-order valence-electron chi connectivity index (χ0n) is 10.8. The van der Waals surface area contributed by atoms with Gasteiger partial charge in [-0.1, -0.05) is 22.4 Å². The van der Waals surface area contributed by atoms with Gasteiger partial charge in [-0.15, -0.1) is 12.6 Å². The molecule has 1 aliphatic carbocycles. The first-order valence-electron chi connectivity index (χ1n) is 6.96. The molecule has 1 aliphatic heterocycles. The van der Waals surface area contributed by atoms with Crippen LogP contribution in [0.15, 0.2) is 27.6 Å². The van der Waals surface area contributed by atoms with Crippen molar-refractivity contribution in [3.63, 3.8) is 0 Å². The zero-order valence-corrected chi connectivity index (χ0v) is 13.3. The monoisotopic (exact) mass is 339 g/mol. The fourth-order valence-electron chi connectivity index (χ4n) is 3.55. The maximum atomic E-state index is 12.7. The number of likely N-dealkylation sites (tertiary alicyclic amines) is 1. The van der Waals surface area contributed by atoms with Crippen molar-refractivity contribution in [1.82, 2.24) is 4.90 Å². The third kappa shape index (κ3) is 2.57. The molecule has 1 heterocycles.